The quantitative estimate of drug-likeness (QED) is 0.554. The van der Waals surface area contributed by atoms with Crippen molar-refractivity contribution in [3.63, 3.8) is 0 Å². The fraction of sp³-hybridized carbons (Fsp3) is 0.160. The van der Waals surface area contributed by atoms with Crippen molar-refractivity contribution in [2.24, 2.45) is 0 Å². The largest absolute Gasteiger partial charge is 0.348 e. The van der Waals surface area contributed by atoms with E-state index in [1.165, 1.54) is 0 Å². The number of carbonyl (C=O) groups is 1. The predicted molar refractivity (Wildman–Crippen MR) is 119 cm³/mol. The molecule has 0 fully saturated rings. The molecule has 2 heterocycles. The lowest BCUT2D eigenvalue weighted by Gasteiger charge is -2.13. The first kappa shape index (κ1) is 19.6. The average molecular weight is 397 g/mol. The molecule has 5 nitrogen and oxygen atoms in total. The predicted octanol–water partition coefficient (Wildman–Crippen LogP) is 3.99. The summed E-state index contributed by atoms with van der Waals surface area (Å²) < 4.78 is 1.57. The first-order valence-electron chi connectivity index (χ1n) is 9.89. The van der Waals surface area contributed by atoms with E-state index in [0.29, 0.717) is 18.7 Å². The number of amides is 1. The highest BCUT2D eigenvalue weighted by Crippen LogP contribution is 2.14. The Bertz CT molecular complexity index is 1260. The topological polar surface area (TPSA) is 64.0 Å². The molecule has 0 saturated heterocycles. The second-order valence-corrected chi connectivity index (χ2v) is 7.52. The molecule has 1 N–H and O–H groups in total. The number of nitrogens with one attached hydrogen (secondary N) is 1. The summed E-state index contributed by atoms with van der Waals surface area (Å²) in [4.78, 5) is 30.5. The van der Waals surface area contributed by atoms with Crippen LogP contribution in [0.3, 0.4) is 0 Å². The zero-order chi connectivity index (χ0) is 21.1. The molecule has 2 aromatic carbocycles. The third kappa shape index (κ3) is 4.15. The minimum absolute atomic E-state index is 0.120. The summed E-state index contributed by atoms with van der Waals surface area (Å²) in [5, 5.41) is 3.62. The second kappa shape index (κ2) is 8.33. The Morgan fingerprint density at radius 3 is 2.23 bits per heavy atom. The van der Waals surface area contributed by atoms with Gasteiger partial charge in [0.25, 0.3) is 11.5 Å². The number of aryl methyl sites for hydroxylation is 2. The molecule has 0 radical (unpaired) electrons. The highest BCUT2D eigenvalue weighted by Gasteiger charge is 2.16. The van der Waals surface area contributed by atoms with Crippen LogP contribution in [0, 0.1) is 13.8 Å². The fourth-order valence-electron chi connectivity index (χ4n) is 3.38. The Kier molecular flexibility index (Phi) is 5.44. The third-order valence-electron chi connectivity index (χ3n) is 5.13. The Morgan fingerprint density at radius 2 is 1.57 bits per heavy atom. The number of rotatable bonds is 5. The van der Waals surface area contributed by atoms with Crippen molar-refractivity contribution in [3.8, 4) is 0 Å². The molecule has 0 bridgehead atoms. The SMILES string of the molecule is Cc1ccc(CNC(=O)c2cc3cccnc3n(Cc3ccc(C)cc3)c2=O)cc1. The van der Waals surface area contributed by atoms with E-state index in [2.05, 4.69) is 10.3 Å². The van der Waals surface area contributed by atoms with Gasteiger partial charge in [0.05, 0.1) is 6.54 Å². The van der Waals surface area contributed by atoms with Gasteiger partial charge in [0.2, 0.25) is 0 Å². The van der Waals surface area contributed by atoms with Gasteiger partial charge in [-0.2, -0.15) is 0 Å². The third-order valence-corrected chi connectivity index (χ3v) is 5.13. The maximum absolute atomic E-state index is 13.2. The second-order valence-electron chi connectivity index (χ2n) is 7.52. The fourth-order valence-corrected chi connectivity index (χ4v) is 3.38. The maximum atomic E-state index is 13.2. The van der Waals surface area contributed by atoms with Gasteiger partial charge in [-0.3, -0.25) is 14.2 Å². The van der Waals surface area contributed by atoms with Gasteiger partial charge in [-0.1, -0.05) is 59.7 Å². The Labute approximate surface area is 175 Å². The van der Waals surface area contributed by atoms with E-state index in [1.54, 1.807) is 22.9 Å². The molecule has 0 saturated carbocycles. The number of benzene rings is 2. The molecule has 0 unspecified atom stereocenters. The Morgan fingerprint density at radius 1 is 0.933 bits per heavy atom. The van der Waals surface area contributed by atoms with Gasteiger partial charge < -0.3 is 5.32 Å². The molecule has 1 amide bonds. The highest BCUT2D eigenvalue weighted by molar-refractivity contribution is 5.96. The summed E-state index contributed by atoms with van der Waals surface area (Å²) in [7, 11) is 0. The first-order chi connectivity index (χ1) is 14.5. The van der Waals surface area contributed by atoms with Crippen molar-refractivity contribution in [2.75, 3.05) is 0 Å². The van der Waals surface area contributed by atoms with Gasteiger partial charge in [0, 0.05) is 18.1 Å². The smallest absolute Gasteiger partial charge is 0.265 e. The van der Waals surface area contributed by atoms with Crippen molar-refractivity contribution in [1.82, 2.24) is 14.9 Å². The molecule has 4 rings (SSSR count). The van der Waals surface area contributed by atoms with Crippen LogP contribution in [0.2, 0.25) is 0 Å². The van der Waals surface area contributed by atoms with Gasteiger partial charge in [0.1, 0.15) is 11.2 Å². The van der Waals surface area contributed by atoms with Crippen LogP contribution in [0.5, 0.6) is 0 Å². The van der Waals surface area contributed by atoms with E-state index in [0.717, 1.165) is 27.6 Å². The minimum atomic E-state index is -0.385. The molecule has 150 valence electrons. The number of carbonyl (C=O) groups excluding carboxylic acids is 1. The van der Waals surface area contributed by atoms with Gasteiger partial charge in [-0.15, -0.1) is 0 Å². The molecule has 5 heteroatoms. The van der Waals surface area contributed by atoms with Crippen LogP contribution in [0.25, 0.3) is 11.0 Å². The standard InChI is InChI=1S/C25H23N3O2/c1-17-5-9-19(10-6-17)15-27-24(29)22-14-21-4-3-13-26-23(21)28(25(22)30)16-20-11-7-18(2)8-12-20/h3-14H,15-16H2,1-2H3,(H,27,29). The number of hydrogen-bond donors (Lipinski definition) is 1. The number of nitrogens with zero attached hydrogens (tertiary/aromatic N) is 2. The monoisotopic (exact) mass is 397 g/mol. The molecule has 2 aromatic heterocycles. The van der Waals surface area contributed by atoms with Crippen molar-refractivity contribution >= 4 is 16.9 Å². The molecular formula is C25H23N3O2. The Hall–Kier alpha value is -3.73. The molecule has 0 aliphatic rings. The number of fused-ring (bicyclic) bond motifs is 1. The summed E-state index contributed by atoms with van der Waals surface area (Å²) in [6, 6.07) is 21.2. The minimum Gasteiger partial charge on any atom is -0.348 e. The van der Waals surface area contributed by atoms with Crippen molar-refractivity contribution in [2.45, 2.75) is 26.9 Å². The Balaban J connectivity index is 1.68. The normalized spacial score (nSPS) is 10.9. The van der Waals surface area contributed by atoms with E-state index in [1.807, 2.05) is 68.4 Å². The molecule has 0 aliphatic heterocycles. The van der Waals surface area contributed by atoms with Gasteiger partial charge in [0.15, 0.2) is 0 Å². The van der Waals surface area contributed by atoms with E-state index in [-0.39, 0.29) is 17.0 Å². The maximum Gasteiger partial charge on any atom is 0.265 e. The number of hydrogen-bond acceptors (Lipinski definition) is 3. The van der Waals surface area contributed by atoms with Crippen LogP contribution < -0.4 is 10.9 Å². The lowest BCUT2D eigenvalue weighted by Crippen LogP contribution is -2.33. The van der Waals surface area contributed by atoms with E-state index in [9.17, 15) is 9.59 Å². The lowest BCUT2D eigenvalue weighted by atomic mass is 10.1. The molecule has 30 heavy (non-hydrogen) atoms. The van der Waals surface area contributed by atoms with Crippen LogP contribution in [-0.2, 0) is 13.1 Å². The van der Waals surface area contributed by atoms with Crippen molar-refractivity contribution in [3.05, 3.63) is 111 Å². The van der Waals surface area contributed by atoms with Crippen LogP contribution in [0.4, 0.5) is 0 Å². The van der Waals surface area contributed by atoms with Gasteiger partial charge >= 0.3 is 0 Å². The zero-order valence-corrected chi connectivity index (χ0v) is 17.1. The van der Waals surface area contributed by atoms with E-state index >= 15 is 0 Å². The van der Waals surface area contributed by atoms with Gasteiger partial charge in [-0.05, 0) is 43.2 Å². The number of aromatic nitrogens is 2. The van der Waals surface area contributed by atoms with E-state index in [4.69, 9.17) is 0 Å². The van der Waals surface area contributed by atoms with Crippen LogP contribution in [0.15, 0.2) is 77.7 Å². The molecule has 0 spiro atoms. The summed E-state index contributed by atoms with van der Waals surface area (Å²) in [5.41, 5.74) is 4.61. The summed E-state index contributed by atoms with van der Waals surface area (Å²) in [5.74, 6) is -0.385. The average Bonchev–Trinajstić information content (AvgIpc) is 2.76. The summed E-state index contributed by atoms with van der Waals surface area (Å²) >= 11 is 0. The zero-order valence-electron chi connectivity index (χ0n) is 17.1. The summed E-state index contributed by atoms with van der Waals surface area (Å²) in [6.07, 6.45) is 1.66. The number of pyridine rings is 2. The van der Waals surface area contributed by atoms with Crippen molar-refractivity contribution in [1.29, 1.82) is 0 Å². The van der Waals surface area contributed by atoms with Crippen LogP contribution in [0.1, 0.15) is 32.6 Å². The summed E-state index contributed by atoms with van der Waals surface area (Å²) in [6.45, 7) is 4.75. The molecule has 0 atom stereocenters. The molecule has 0 aliphatic carbocycles. The van der Waals surface area contributed by atoms with E-state index < -0.39 is 0 Å². The first-order valence-corrected chi connectivity index (χ1v) is 9.89. The lowest BCUT2D eigenvalue weighted by molar-refractivity contribution is 0.0949. The molecular weight excluding hydrogens is 374 g/mol. The van der Waals surface area contributed by atoms with Crippen LogP contribution in [-0.4, -0.2) is 15.5 Å². The molecule has 4 aromatic rings. The van der Waals surface area contributed by atoms with Crippen LogP contribution >= 0.6 is 0 Å². The van der Waals surface area contributed by atoms with Gasteiger partial charge in [-0.25, -0.2) is 4.98 Å². The van der Waals surface area contributed by atoms with Crippen molar-refractivity contribution < 1.29 is 4.79 Å². The highest BCUT2D eigenvalue weighted by atomic mass is 16.2.